The number of para-hydroxylation sites is 1. The van der Waals surface area contributed by atoms with Crippen LogP contribution >= 0.6 is 0 Å². The number of rotatable bonds is 2. The smallest absolute Gasteiger partial charge is 0.214 e. The Balaban J connectivity index is 1.75. The summed E-state index contributed by atoms with van der Waals surface area (Å²) in [6.45, 7) is 4.86. The van der Waals surface area contributed by atoms with Crippen LogP contribution in [-0.2, 0) is 10.2 Å². The second kappa shape index (κ2) is 4.60. The number of anilines is 1. The van der Waals surface area contributed by atoms with Crippen LogP contribution in [0, 0.1) is 5.41 Å². The van der Waals surface area contributed by atoms with Crippen molar-refractivity contribution >= 4 is 12.1 Å². The van der Waals surface area contributed by atoms with E-state index in [9.17, 15) is 4.79 Å². The van der Waals surface area contributed by atoms with E-state index < -0.39 is 0 Å². The van der Waals surface area contributed by atoms with E-state index in [2.05, 4.69) is 41.0 Å². The third-order valence-corrected chi connectivity index (χ3v) is 7.71. The third-order valence-electron chi connectivity index (χ3n) is 7.71. The molecule has 3 heteroatoms. The lowest BCUT2D eigenvalue weighted by Crippen LogP contribution is -2.64. The standard InChI is InChI=1S/C20H26N2O/c1-2-19-9-5-12-21-13-11-20(18(19)21)15-6-3-4-7-16(15)22(14-23)17(20)8-10-19/h3-4,6-7,14,17-18H,2,5,8-13H2,1H3/t17-,18-,19-,20-/m1/s1. The average Bonchev–Trinajstić information content (AvgIpc) is 3.13. The number of benzene rings is 1. The zero-order chi connectivity index (χ0) is 15.7. The predicted molar refractivity (Wildman–Crippen MR) is 91.6 cm³/mol. The summed E-state index contributed by atoms with van der Waals surface area (Å²) in [7, 11) is 0. The van der Waals surface area contributed by atoms with Crippen LogP contribution in [0.4, 0.5) is 5.69 Å². The lowest BCUT2D eigenvalue weighted by Gasteiger charge is -2.58. The fraction of sp³-hybridized carbons (Fsp3) is 0.650. The van der Waals surface area contributed by atoms with Gasteiger partial charge in [-0.3, -0.25) is 9.69 Å². The molecule has 1 amide bonds. The highest BCUT2D eigenvalue weighted by Gasteiger charge is 2.67. The normalized spacial score (nSPS) is 41.3. The molecule has 1 aliphatic carbocycles. The van der Waals surface area contributed by atoms with Gasteiger partial charge in [-0.15, -0.1) is 0 Å². The molecule has 3 fully saturated rings. The van der Waals surface area contributed by atoms with E-state index >= 15 is 0 Å². The molecule has 4 aliphatic rings. The van der Waals surface area contributed by atoms with Crippen molar-refractivity contribution in [2.24, 2.45) is 5.41 Å². The van der Waals surface area contributed by atoms with Gasteiger partial charge in [0, 0.05) is 23.2 Å². The lowest BCUT2D eigenvalue weighted by atomic mass is 9.52. The second-order valence-electron chi connectivity index (χ2n) is 8.13. The van der Waals surface area contributed by atoms with Crippen molar-refractivity contribution in [2.75, 3.05) is 18.0 Å². The third kappa shape index (κ3) is 1.48. The zero-order valence-electron chi connectivity index (χ0n) is 14.0. The van der Waals surface area contributed by atoms with Crippen LogP contribution in [0.5, 0.6) is 0 Å². The fourth-order valence-electron chi connectivity index (χ4n) is 6.94. The first kappa shape index (κ1) is 14.0. The van der Waals surface area contributed by atoms with Crippen LogP contribution in [0.2, 0.25) is 0 Å². The van der Waals surface area contributed by atoms with Gasteiger partial charge < -0.3 is 4.90 Å². The summed E-state index contributed by atoms with van der Waals surface area (Å²) in [6.07, 6.45) is 8.80. The number of carbonyl (C=O) groups is 1. The summed E-state index contributed by atoms with van der Waals surface area (Å²) in [5, 5.41) is 0. The molecule has 0 unspecified atom stereocenters. The van der Waals surface area contributed by atoms with Gasteiger partial charge >= 0.3 is 0 Å². The van der Waals surface area contributed by atoms with Crippen molar-refractivity contribution in [1.29, 1.82) is 0 Å². The molecule has 23 heavy (non-hydrogen) atoms. The van der Waals surface area contributed by atoms with Gasteiger partial charge in [-0.2, -0.15) is 0 Å². The number of fused-ring (bicyclic) bond motifs is 1. The van der Waals surface area contributed by atoms with E-state index in [4.69, 9.17) is 0 Å². The Hall–Kier alpha value is -1.35. The number of hydrogen-bond acceptors (Lipinski definition) is 2. The molecular formula is C20H26N2O. The first-order chi connectivity index (χ1) is 11.3. The van der Waals surface area contributed by atoms with Crippen molar-refractivity contribution in [2.45, 2.75) is 62.9 Å². The minimum atomic E-state index is 0.187. The van der Waals surface area contributed by atoms with Gasteiger partial charge in [0.25, 0.3) is 0 Å². The first-order valence-electron chi connectivity index (χ1n) is 9.34. The van der Waals surface area contributed by atoms with E-state index in [0.717, 1.165) is 6.41 Å². The zero-order valence-corrected chi connectivity index (χ0v) is 14.0. The Bertz CT molecular complexity index is 659. The summed E-state index contributed by atoms with van der Waals surface area (Å²) < 4.78 is 0. The topological polar surface area (TPSA) is 23.6 Å². The molecule has 0 radical (unpaired) electrons. The molecule has 1 aromatic carbocycles. The molecule has 3 aliphatic heterocycles. The van der Waals surface area contributed by atoms with Gasteiger partial charge in [0.05, 0.1) is 0 Å². The highest BCUT2D eigenvalue weighted by atomic mass is 16.1. The summed E-state index contributed by atoms with van der Waals surface area (Å²) in [6, 6.07) is 9.76. The maximum atomic E-state index is 11.9. The fourth-order valence-corrected chi connectivity index (χ4v) is 6.94. The van der Waals surface area contributed by atoms with E-state index in [1.54, 1.807) is 0 Å². The minimum Gasteiger partial charge on any atom is -0.311 e. The number of carbonyl (C=O) groups excluding carboxylic acids is 1. The van der Waals surface area contributed by atoms with Gasteiger partial charge in [0.1, 0.15) is 0 Å². The Morgan fingerprint density at radius 2 is 2.09 bits per heavy atom. The van der Waals surface area contributed by atoms with Crippen molar-refractivity contribution < 1.29 is 4.79 Å². The number of piperidine rings is 1. The Kier molecular flexibility index (Phi) is 2.80. The maximum absolute atomic E-state index is 11.9. The highest BCUT2D eigenvalue weighted by molar-refractivity contribution is 5.83. The van der Waals surface area contributed by atoms with Crippen LogP contribution in [0.15, 0.2) is 24.3 Å². The van der Waals surface area contributed by atoms with E-state index in [1.807, 2.05) is 0 Å². The van der Waals surface area contributed by atoms with Crippen LogP contribution in [0.1, 0.15) is 51.0 Å². The van der Waals surface area contributed by atoms with Gasteiger partial charge in [0.2, 0.25) is 6.41 Å². The predicted octanol–water partition coefficient (Wildman–Crippen LogP) is 3.33. The second-order valence-corrected chi connectivity index (χ2v) is 8.13. The summed E-state index contributed by atoms with van der Waals surface area (Å²) in [4.78, 5) is 16.8. The molecule has 2 saturated heterocycles. The number of hydrogen-bond donors (Lipinski definition) is 0. The van der Waals surface area contributed by atoms with Crippen LogP contribution in [-0.4, -0.2) is 36.5 Å². The van der Waals surface area contributed by atoms with Crippen molar-refractivity contribution in [3.05, 3.63) is 29.8 Å². The Labute approximate surface area is 138 Å². The van der Waals surface area contributed by atoms with Crippen LogP contribution in [0.3, 0.4) is 0 Å². The molecule has 122 valence electrons. The molecule has 0 N–H and O–H groups in total. The van der Waals surface area contributed by atoms with Crippen LogP contribution in [0.25, 0.3) is 0 Å². The van der Waals surface area contributed by atoms with E-state index in [1.165, 1.54) is 62.9 Å². The van der Waals surface area contributed by atoms with Crippen LogP contribution < -0.4 is 4.90 Å². The van der Waals surface area contributed by atoms with Crippen molar-refractivity contribution in [1.82, 2.24) is 4.90 Å². The largest absolute Gasteiger partial charge is 0.311 e. The summed E-state index contributed by atoms with van der Waals surface area (Å²) in [5.41, 5.74) is 3.31. The first-order valence-corrected chi connectivity index (χ1v) is 9.34. The SMILES string of the molecule is CC[C@@]12CCCN3CC[C@]4(c5ccccc5N(C=O)[C@@H]4CC1)[C@H]32. The molecule has 3 nitrogen and oxygen atoms in total. The van der Waals surface area contributed by atoms with Crippen molar-refractivity contribution in [3.63, 3.8) is 0 Å². The molecule has 4 atom stereocenters. The van der Waals surface area contributed by atoms with Gasteiger partial charge in [0.15, 0.2) is 0 Å². The molecule has 0 aromatic heterocycles. The summed E-state index contributed by atoms with van der Waals surface area (Å²) in [5.74, 6) is 0. The molecule has 1 spiro atoms. The minimum absolute atomic E-state index is 0.187. The molecule has 5 rings (SSSR count). The molecule has 0 bridgehead atoms. The summed E-state index contributed by atoms with van der Waals surface area (Å²) >= 11 is 0. The van der Waals surface area contributed by atoms with E-state index in [0.29, 0.717) is 17.5 Å². The monoisotopic (exact) mass is 310 g/mol. The number of nitrogens with zero attached hydrogens (tertiary/aromatic N) is 2. The van der Waals surface area contributed by atoms with Crippen molar-refractivity contribution in [3.8, 4) is 0 Å². The molecule has 1 aromatic rings. The quantitative estimate of drug-likeness (QED) is 0.782. The van der Waals surface area contributed by atoms with Gasteiger partial charge in [-0.1, -0.05) is 25.1 Å². The highest BCUT2D eigenvalue weighted by Crippen LogP contribution is 2.65. The Morgan fingerprint density at radius 1 is 1.22 bits per heavy atom. The average molecular weight is 310 g/mol. The molecule has 1 saturated carbocycles. The van der Waals surface area contributed by atoms with Gasteiger partial charge in [-0.05, 0) is 68.7 Å². The number of amides is 1. The van der Waals surface area contributed by atoms with E-state index in [-0.39, 0.29) is 5.41 Å². The van der Waals surface area contributed by atoms with Gasteiger partial charge in [-0.25, -0.2) is 0 Å². The molecule has 3 heterocycles. The molecular weight excluding hydrogens is 284 g/mol. The lowest BCUT2D eigenvalue weighted by molar-refractivity contribution is -0.108. The Morgan fingerprint density at radius 3 is 2.91 bits per heavy atom. The maximum Gasteiger partial charge on any atom is 0.214 e.